The summed E-state index contributed by atoms with van der Waals surface area (Å²) in [5.74, 6) is -0.968. The molecule has 0 heterocycles. The van der Waals surface area contributed by atoms with E-state index in [1.165, 1.54) is 0 Å². The fourth-order valence-electron chi connectivity index (χ4n) is 0. The predicted octanol–water partition coefficient (Wildman–Crippen LogP) is -2.09. The third-order valence-corrected chi connectivity index (χ3v) is 1.27. The number of aliphatic hydroxyl groups is 2. The molecule has 0 radical (unpaired) electrons. The van der Waals surface area contributed by atoms with E-state index in [2.05, 4.69) is 5.73 Å². The Balaban J connectivity index is 0. The minimum absolute atomic E-state index is 0.278. The van der Waals surface area contributed by atoms with Gasteiger partial charge in [-0.05, 0) is 0 Å². The first-order valence-corrected chi connectivity index (χ1v) is 4.24. The van der Waals surface area contributed by atoms with Gasteiger partial charge in [0.15, 0.2) is 0 Å². The number of carboxylic acids is 1. The molecule has 0 spiro atoms. The van der Waals surface area contributed by atoms with E-state index in [-0.39, 0.29) is 6.54 Å². The average Bonchev–Trinajstić information content (AvgIpc) is 1.89. The Morgan fingerprint density at radius 2 is 1.80 bits per heavy atom. The number of aliphatic carboxylic acids is 1. The van der Waals surface area contributed by atoms with Gasteiger partial charge in [-0.2, -0.15) is 0 Å². The van der Waals surface area contributed by atoms with Gasteiger partial charge in [0.2, 0.25) is 0 Å². The predicted molar refractivity (Wildman–Crippen MR) is 35.5 cm³/mol. The van der Waals surface area contributed by atoms with Crippen LogP contribution >= 0.6 is 0 Å². The van der Waals surface area contributed by atoms with Gasteiger partial charge in [0.1, 0.15) is 0 Å². The molecule has 6 heteroatoms. The van der Waals surface area contributed by atoms with Crippen LogP contribution in [0.1, 0.15) is 0 Å². The zero-order valence-corrected chi connectivity index (χ0v) is 7.82. The first kappa shape index (κ1) is 13.0. The number of rotatable bonds is 2. The SMILES string of the molecule is NCC(=O)O.OC(O)[CH2][Na]. The van der Waals surface area contributed by atoms with Crippen LogP contribution in [0.2, 0.25) is 3.67 Å². The van der Waals surface area contributed by atoms with E-state index in [4.69, 9.17) is 15.3 Å². The molecule has 0 aromatic heterocycles. The molecule has 5 nitrogen and oxygen atoms in total. The molecule has 0 aromatic carbocycles. The number of carboxylic acid groups (broad SMARTS) is 1. The minimum atomic E-state index is -1.05. The zero-order valence-electron chi connectivity index (χ0n) is 5.82. The van der Waals surface area contributed by atoms with E-state index in [9.17, 15) is 4.79 Å². The summed E-state index contributed by atoms with van der Waals surface area (Å²) in [5, 5.41) is 23.5. The normalized spacial score (nSPS) is 8.60. The molecule has 0 saturated carbocycles. The molecule has 0 fully saturated rings. The van der Waals surface area contributed by atoms with E-state index in [1.54, 1.807) is 0 Å². The fourth-order valence-corrected chi connectivity index (χ4v) is 0. The van der Waals surface area contributed by atoms with Gasteiger partial charge in [-0.3, -0.25) is 4.79 Å². The van der Waals surface area contributed by atoms with Gasteiger partial charge in [-0.15, -0.1) is 0 Å². The molecule has 5 N–H and O–H groups in total. The maximum atomic E-state index is 9.24. The van der Waals surface area contributed by atoms with Crippen molar-refractivity contribution < 1.29 is 20.1 Å². The summed E-state index contributed by atoms with van der Waals surface area (Å²) >= 11 is 0.873. The topological polar surface area (TPSA) is 104 Å². The summed E-state index contributed by atoms with van der Waals surface area (Å²) in [7, 11) is 0. The molecule has 0 aliphatic rings. The maximum absolute atomic E-state index is 9.24. The molecule has 0 aromatic rings. The first-order chi connectivity index (χ1) is 4.54. The number of aliphatic hydroxyl groups excluding tert-OH is 1. The molecule has 0 atom stereocenters. The van der Waals surface area contributed by atoms with Crippen LogP contribution in [0, 0.1) is 0 Å². The molecular weight excluding hydrogens is 149 g/mol. The fraction of sp³-hybridized carbons (Fsp3) is 0.750. The monoisotopic (exact) mass is 159 g/mol. The summed E-state index contributed by atoms with van der Waals surface area (Å²) in [6, 6.07) is 0. The Morgan fingerprint density at radius 1 is 1.60 bits per heavy atom. The summed E-state index contributed by atoms with van der Waals surface area (Å²) < 4.78 is 0.556. The van der Waals surface area contributed by atoms with Gasteiger partial charge in [-0.1, -0.05) is 0 Å². The van der Waals surface area contributed by atoms with Gasteiger partial charge in [0, 0.05) is 0 Å². The molecular formula is C4H10NNaO4. The van der Waals surface area contributed by atoms with Gasteiger partial charge in [0.05, 0.1) is 6.54 Å². The average molecular weight is 159 g/mol. The Labute approximate surface area is 76.3 Å². The molecule has 0 bridgehead atoms. The molecule has 0 aliphatic carbocycles. The van der Waals surface area contributed by atoms with Crippen molar-refractivity contribution in [3.8, 4) is 0 Å². The summed E-state index contributed by atoms with van der Waals surface area (Å²) in [6.45, 7) is -0.278. The van der Waals surface area contributed by atoms with Crippen LogP contribution < -0.4 is 5.73 Å². The third kappa shape index (κ3) is 23.8. The Hall–Kier alpha value is 0.350. The number of nitrogens with two attached hydrogens (primary N) is 1. The summed E-state index contributed by atoms with van der Waals surface area (Å²) in [6.07, 6.45) is -1.05. The van der Waals surface area contributed by atoms with Crippen LogP contribution in [-0.4, -0.2) is 62.1 Å². The quantitative estimate of drug-likeness (QED) is 0.273. The molecule has 10 heavy (non-hydrogen) atoms. The molecule has 0 aliphatic heterocycles. The van der Waals surface area contributed by atoms with Crippen molar-refractivity contribution in [1.29, 1.82) is 0 Å². The summed E-state index contributed by atoms with van der Waals surface area (Å²) in [4.78, 5) is 9.24. The Bertz CT molecular complexity index is 87.3. The zero-order chi connectivity index (χ0) is 8.57. The van der Waals surface area contributed by atoms with Gasteiger partial charge >= 0.3 is 54.1 Å². The van der Waals surface area contributed by atoms with Gasteiger partial charge in [0.25, 0.3) is 0 Å². The molecule has 0 amide bonds. The van der Waals surface area contributed by atoms with Crippen molar-refractivity contribution in [3.63, 3.8) is 0 Å². The van der Waals surface area contributed by atoms with Crippen molar-refractivity contribution in [2.75, 3.05) is 6.54 Å². The van der Waals surface area contributed by atoms with E-state index >= 15 is 0 Å². The van der Waals surface area contributed by atoms with E-state index in [1.807, 2.05) is 0 Å². The third-order valence-electron chi connectivity index (χ3n) is 0.540. The van der Waals surface area contributed by atoms with Crippen LogP contribution in [0.3, 0.4) is 0 Å². The number of hydrogen-bond donors (Lipinski definition) is 4. The molecule has 0 unspecified atom stereocenters. The molecule has 0 saturated heterocycles. The molecule has 56 valence electrons. The molecule has 0 rings (SSSR count). The Morgan fingerprint density at radius 3 is 1.80 bits per heavy atom. The van der Waals surface area contributed by atoms with Crippen molar-refractivity contribution >= 4 is 33.9 Å². The second-order valence-corrected chi connectivity index (χ2v) is 2.30. The van der Waals surface area contributed by atoms with Crippen molar-refractivity contribution in [3.05, 3.63) is 0 Å². The number of hydrogen-bond acceptors (Lipinski definition) is 4. The standard InChI is InChI=1S/C2H5NO2.C2H5O2.Na/c3-1-2(4)5;1-2(3)4;/h1,3H2,(H,4,5);2-4H,1H2;. The van der Waals surface area contributed by atoms with Gasteiger partial charge < -0.3 is 10.8 Å². The van der Waals surface area contributed by atoms with Crippen molar-refractivity contribution in [1.82, 2.24) is 0 Å². The first-order valence-electron chi connectivity index (χ1n) is 2.82. The van der Waals surface area contributed by atoms with Crippen molar-refractivity contribution in [2.24, 2.45) is 5.73 Å². The second kappa shape index (κ2) is 9.35. The van der Waals surface area contributed by atoms with E-state index in [0.29, 0.717) is 3.67 Å². The van der Waals surface area contributed by atoms with Crippen LogP contribution in [0.5, 0.6) is 0 Å². The second-order valence-electron chi connectivity index (χ2n) is 1.49. The Kier molecular flexibility index (Phi) is 12.1. The number of carbonyl (C=O) groups is 1. The van der Waals surface area contributed by atoms with E-state index < -0.39 is 12.3 Å². The van der Waals surface area contributed by atoms with Crippen LogP contribution in [0.4, 0.5) is 0 Å². The summed E-state index contributed by atoms with van der Waals surface area (Å²) in [5.41, 5.74) is 4.57. The van der Waals surface area contributed by atoms with Crippen LogP contribution in [0.15, 0.2) is 0 Å². The van der Waals surface area contributed by atoms with Crippen LogP contribution in [0.25, 0.3) is 0 Å². The van der Waals surface area contributed by atoms with Gasteiger partial charge in [-0.25, -0.2) is 0 Å². The van der Waals surface area contributed by atoms with Crippen LogP contribution in [-0.2, 0) is 4.79 Å². The van der Waals surface area contributed by atoms with E-state index in [0.717, 1.165) is 27.9 Å². The van der Waals surface area contributed by atoms with Crippen molar-refractivity contribution in [2.45, 2.75) is 9.96 Å².